The van der Waals surface area contributed by atoms with Crippen molar-refractivity contribution in [2.24, 2.45) is 0 Å². The molecule has 2 aromatic heterocycles. The lowest BCUT2D eigenvalue weighted by atomic mass is 9.95. The highest BCUT2D eigenvalue weighted by Crippen LogP contribution is 2.49. The van der Waals surface area contributed by atoms with Crippen LogP contribution >= 0.6 is 0 Å². The molecule has 7 nitrogen and oxygen atoms in total. The topological polar surface area (TPSA) is 70.9 Å². The van der Waals surface area contributed by atoms with E-state index in [0.717, 1.165) is 33.6 Å². The van der Waals surface area contributed by atoms with Crippen LogP contribution in [0.3, 0.4) is 0 Å². The zero-order valence-corrected chi connectivity index (χ0v) is 33.7. The first-order chi connectivity index (χ1) is 27.3. The van der Waals surface area contributed by atoms with Gasteiger partial charge in [0.05, 0.1) is 11.4 Å². The van der Waals surface area contributed by atoms with Crippen LogP contribution in [0.1, 0.15) is 0 Å². The summed E-state index contributed by atoms with van der Waals surface area (Å²) in [4.78, 5) is 27.7. The first-order valence-corrected chi connectivity index (χ1v) is 25.0. The number of aromatic nitrogens is 5. The van der Waals surface area contributed by atoms with Crippen molar-refractivity contribution in [2.75, 3.05) is 9.80 Å². The molecule has 0 fully saturated rings. The molecule has 0 bridgehead atoms. The van der Waals surface area contributed by atoms with Gasteiger partial charge in [-0.2, -0.15) is 0 Å². The van der Waals surface area contributed by atoms with Gasteiger partial charge in [-0.05, 0) is 63.2 Å². The van der Waals surface area contributed by atoms with Gasteiger partial charge in [-0.1, -0.05) is 123 Å². The number of para-hydroxylation sites is 4. The van der Waals surface area contributed by atoms with Gasteiger partial charge in [-0.15, -0.1) is 0 Å². The van der Waals surface area contributed by atoms with E-state index in [1.165, 1.54) is 43.5 Å². The van der Waals surface area contributed by atoms with E-state index in [2.05, 4.69) is 184 Å². The average Bonchev–Trinajstić information content (AvgIpc) is 3.25. The first kappa shape index (κ1) is 34.0. The fourth-order valence-corrected chi connectivity index (χ4v) is 14.8. The average molecular weight is 758 g/mol. The summed E-state index contributed by atoms with van der Waals surface area (Å²) in [5.41, 5.74) is 11.0. The van der Waals surface area contributed by atoms with Crippen molar-refractivity contribution in [3.8, 4) is 33.9 Å². The Kier molecular flexibility index (Phi) is 7.91. The summed E-state index contributed by atoms with van der Waals surface area (Å²) in [6.07, 6.45) is 6.75. The predicted molar refractivity (Wildman–Crippen MR) is 235 cm³/mol. The molecule has 0 radical (unpaired) electrons. The van der Waals surface area contributed by atoms with Gasteiger partial charge in [0.2, 0.25) is 0 Å². The van der Waals surface area contributed by atoms with Crippen LogP contribution in [0.15, 0.2) is 165 Å². The van der Waals surface area contributed by atoms with Crippen molar-refractivity contribution in [3.63, 3.8) is 0 Å². The van der Waals surface area contributed by atoms with Gasteiger partial charge in [0, 0.05) is 57.4 Å². The standard InChI is InChI=1S/C47H39N7Si2/c1-55(2)42-18-9-5-14-36(42)53(37-15-6-10-19-43(37)55)40-28-32(46-49-26-13-27-50-46)22-24-34(40)35-25-23-33(47-51-30-48-31-52-47)29-41(35)54-38-16-7-11-20-44(38)56(3,4)45-21-12-8-17-39(45)54/h5-31H,1-4H3. The van der Waals surface area contributed by atoms with Gasteiger partial charge in [0.1, 0.15) is 28.8 Å². The minimum Gasteiger partial charge on any atom is -0.310 e. The van der Waals surface area contributed by atoms with Crippen LogP contribution in [0.2, 0.25) is 26.2 Å². The van der Waals surface area contributed by atoms with E-state index in [0.29, 0.717) is 11.6 Å². The van der Waals surface area contributed by atoms with Gasteiger partial charge >= 0.3 is 0 Å². The molecule has 0 spiro atoms. The Hall–Kier alpha value is -6.56. The van der Waals surface area contributed by atoms with E-state index < -0.39 is 16.1 Å². The monoisotopic (exact) mass is 757 g/mol. The van der Waals surface area contributed by atoms with Crippen molar-refractivity contribution >= 4 is 71.0 Å². The highest BCUT2D eigenvalue weighted by Gasteiger charge is 2.41. The Morgan fingerprint density at radius 1 is 0.375 bits per heavy atom. The quantitative estimate of drug-likeness (QED) is 0.163. The summed E-state index contributed by atoms with van der Waals surface area (Å²) < 4.78 is 0. The molecule has 10 rings (SSSR count). The minimum atomic E-state index is -2.05. The van der Waals surface area contributed by atoms with Gasteiger partial charge in [0.15, 0.2) is 11.6 Å². The summed E-state index contributed by atoms with van der Waals surface area (Å²) in [6, 6.07) is 51.0. The number of hydrogen-bond donors (Lipinski definition) is 0. The maximum absolute atomic E-state index is 4.70. The fraction of sp³-hybridized carbons (Fsp3) is 0.0851. The predicted octanol–water partition coefficient (Wildman–Crippen LogP) is 8.87. The SMILES string of the molecule is C[Si]1(C)c2ccccc2N(c2cc(-c3ncccn3)ccc2-c2ccc(-c3ncncn3)cc2N2c3ccccc3[Si](C)(C)c3ccccc32)c2ccccc21. The van der Waals surface area contributed by atoms with E-state index in [-0.39, 0.29) is 0 Å². The Morgan fingerprint density at radius 2 is 0.732 bits per heavy atom. The van der Waals surface area contributed by atoms with Crippen molar-refractivity contribution < 1.29 is 0 Å². The minimum absolute atomic E-state index is 0.629. The third-order valence-electron chi connectivity index (χ3n) is 11.6. The molecule has 6 aromatic carbocycles. The van der Waals surface area contributed by atoms with Crippen LogP contribution in [0.25, 0.3) is 33.9 Å². The van der Waals surface area contributed by atoms with Crippen LogP contribution in [0, 0.1) is 0 Å². The molecular formula is C47H39N7Si2. The van der Waals surface area contributed by atoms with E-state index in [4.69, 9.17) is 9.97 Å². The second-order valence-electron chi connectivity index (χ2n) is 15.5. The smallest absolute Gasteiger partial charge is 0.162 e. The molecule has 4 heterocycles. The maximum Gasteiger partial charge on any atom is 0.162 e. The molecule has 0 amide bonds. The third-order valence-corrected chi connectivity index (χ3v) is 18.7. The molecule has 0 aliphatic carbocycles. The Bertz CT molecular complexity index is 2500. The van der Waals surface area contributed by atoms with Crippen LogP contribution in [0.5, 0.6) is 0 Å². The number of hydrogen-bond acceptors (Lipinski definition) is 7. The summed E-state index contributed by atoms with van der Waals surface area (Å²) in [6.45, 7) is 9.85. The lowest BCUT2D eigenvalue weighted by Gasteiger charge is -2.43. The van der Waals surface area contributed by atoms with Crippen LogP contribution in [0.4, 0.5) is 34.1 Å². The Morgan fingerprint density at radius 3 is 1.12 bits per heavy atom. The van der Waals surface area contributed by atoms with Crippen LogP contribution in [-0.2, 0) is 0 Å². The first-order valence-electron chi connectivity index (χ1n) is 19.0. The number of rotatable bonds is 5. The highest BCUT2D eigenvalue weighted by atomic mass is 28.3. The van der Waals surface area contributed by atoms with Gasteiger partial charge < -0.3 is 9.80 Å². The largest absolute Gasteiger partial charge is 0.310 e. The summed E-state index contributed by atoms with van der Waals surface area (Å²) in [7, 11) is -4.10. The second kappa shape index (κ2) is 13.0. The molecule has 8 aromatic rings. The molecule has 0 unspecified atom stereocenters. The fourth-order valence-electron chi connectivity index (χ4n) is 8.86. The van der Waals surface area contributed by atoms with E-state index >= 15 is 0 Å². The zero-order valence-electron chi connectivity index (χ0n) is 31.7. The number of fused-ring (bicyclic) bond motifs is 4. The maximum atomic E-state index is 4.70. The number of anilines is 6. The number of nitrogens with zero attached hydrogens (tertiary/aromatic N) is 7. The molecular weight excluding hydrogens is 719 g/mol. The Balaban J connectivity index is 1.30. The van der Waals surface area contributed by atoms with Crippen LogP contribution < -0.4 is 30.5 Å². The molecule has 0 atom stereocenters. The molecule has 9 heteroatoms. The van der Waals surface area contributed by atoms with Gasteiger partial charge in [-0.25, -0.2) is 24.9 Å². The van der Waals surface area contributed by atoms with Crippen molar-refractivity contribution in [1.82, 2.24) is 24.9 Å². The van der Waals surface area contributed by atoms with Gasteiger partial charge in [0.25, 0.3) is 0 Å². The summed E-state index contributed by atoms with van der Waals surface area (Å²) >= 11 is 0. The summed E-state index contributed by atoms with van der Waals surface area (Å²) in [5, 5.41) is 5.61. The third kappa shape index (κ3) is 5.26. The van der Waals surface area contributed by atoms with Gasteiger partial charge in [-0.3, -0.25) is 0 Å². The molecule has 56 heavy (non-hydrogen) atoms. The van der Waals surface area contributed by atoms with E-state index in [9.17, 15) is 0 Å². The molecule has 0 N–H and O–H groups in total. The normalized spacial score (nSPS) is 14.6. The Labute approximate surface area is 329 Å². The molecule has 0 saturated heterocycles. The highest BCUT2D eigenvalue weighted by molar-refractivity contribution is 7.03. The number of benzene rings is 6. The summed E-state index contributed by atoms with van der Waals surface area (Å²) in [5.74, 6) is 1.31. The van der Waals surface area contributed by atoms with Crippen molar-refractivity contribution in [2.45, 2.75) is 26.2 Å². The molecule has 0 saturated carbocycles. The molecule has 270 valence electrons. The molecule has 2 aliphatic rings. The van der Waals surface area contributed by atoms with Crippen molar-refractivity contribution in [3.05, 3.63) is 165 Å². The van der Waals surface area contributed by atoms with Crippen molar-refractivity contribution in [1.29, 1.82) is 0 Å². The lowest BCUT2D eigenvalue weighted by Crippen LogP contribution is -2.58. The van der Waals surface area contributed by atoms with Crippen LogP contribution in [-0.4, -0.2) is 41.1 Å². The molecule has 2 aliphatic heterocycles. The second-order valence-corrected chi connectivity index (χ2v) is 24.1. The van der Waals surface area contributed by atoms with E-state index in [1.807, 2.05) is 18.5 Å². The van der Waals surface area contributed by atoms with E-state index in [1.54, 1.807) is 12.7 Å². The zero-order chi connectivity index (χ0) is 38.0. The lowest BCUT2D eigenvalue weighted by molar-refractivity contribution is 1.06.